The van der Waals surface area contributed by atoms with E-state index in [2.05, 4.69) is 4.98 Å². The summed E-state index contributed by atoms with van der Waals surface area (Å²) in [6.45, 7) is 4.08. The van der Waals surface area contributed by atoms with Gasteiger partial charge in [0.25, 0.3) is 10.0 Å². The molecular formula is C24H26FN3O4S2. The summed E-state index contributed by atoms with van der Waals surface area (Å²) < 4.78 is 50.6. The molecule has 10 heteroatoms. The molecule has 7 nitrogen and oxygen atoms in total. The van der Waals surface area contributed by atoms with Crippen LogP contribution in [0.1, 0.15) is 55.4 Å². The zero-order valence-corrected chi connectivity index (χ0v) is 20.6. The zero-order valence-electron chi connectivity index (χ0n) is 19.0. The molecule has 0 unspecified atom stereocenters. The number of amides is 1. The average Bonchev–Trinajstić information content (AvgIpc) is 3.13. The highest BCUT2D eigenvalue weighted by atomic mass is 32.2. The number of hydrogen-bond acceptors (Lipinski definition) is 6. The number of rotatable bonds is 7. The first-order valence-electron chi connectivity index (χ1n) is 11.4. The standard InChI is InChI=1S/C24H26FN3O4S2/c1-14(2)11-17-13-19(23(33-17)34(30,31)27-24(29)32-16-4-5-16)15-3-6-18(20(25)12-15)21-7-8-22-26-9-10-28(21)22/h3,6,9-10,12-14,16,21H,4-5,7-8,11H2,1-2H3,(H,27,29)/t21-/m1/s1. The van der Waals surface area contributed by atoms with E-state index in [4.69, 9.17) is 4.74 Å². The molecule has 2 aromatic heterocycles. The number of nitrogens with one attached hydrogen (secondary N) is 1. The fourth-order valence-electron chi connectivity index (χ4n) is 4.34. The van der Waals surface area contributed by atoms with Crippen molar-refractivity contribution in [1.82, 2.24) is 14.3 Å². The van der Waals surface area contributed by atoms with E-state index in [-0.39, 0.29) is 16.4 Å². The molecule has 2 aliphatic rings. The number of imidazole rings is 1. The van der Waals surface area contributed by atoms with Crippen molar-refractivity contribution >= 4 is 27.5 Å². The Balaban J connectivity index is 1.49. The second kappa shape index (κ2) is 8.81. The Morgan fingerprint density at radius 3 is 2.79 bits per heavy atom. The highest BCUT2D eigenvalue weighted by molar-refractivity contribution is 7.92. The van der Waals surface area contributed by atoms with Gasteiger partial charge in [-0.1, -0.05) is 26.0 Å². The number of aryl methyl sites for hydroxylation is 1. The van der Waals surface area contributed by atoms with Gasteiger partial charge in [0.2, 0.25) is 0 Å². The van der Waals surface area contributed by atoms with Gasteiger partial charge in [-0.25, -0.2) is 27.3 Å². The van der Waals surface area contributed by atoms with Crippen LogP contribution in [0.3, 0.4) is 0 Å². The van der Waals surface area contributed by atoms with Gasteiger partial charge < -0.3 is 9.30 Å². The molecule has 1 fully saturated rings. The first-order chi connectivity index (χ1) is 16.2. The molecule has 3 aromatic rings. The minimum absolute atomic E-state index is 0.0131. The molecule has 1 aromatic carbocycles. The second-order valence-corrected chi connectivity index (χ2v) is 12.3. The molecule has 1 aliphatic carbocycles. The van der Waals surface area contributed by atoms with Crippen molar-refractivity contribution in [3.05, 3.63) is 58.7 Å². The number of hydrogen-bond donors (Lipinski definition) is 1. The van der Waals surface area contributed by atoms with Crippen molar-refractivity contribution in [2.45, 2.75) is 62.3 Å². The van der Waals surface area contributed by atoms with Crippen molar-refractivity contribution in [2.75, 3.05) is 0 Å². The fraction of sp³-hybridized carbons (Fsp3) is 0.417. The van der Waals surface area contributed by atoms with Gasteiger partial charge in [0.15, 0.2) is 0 Å². The molecule has 34 heavy (non-hydrogen) atoms. The minimum Gasteiger partial charge on any atom is -0.446 e. The minimum atomic E-state index is -4.18. The number of nitrogens with zero attached hydrogens (tertiary/aromatic N) is 2. The van der Waals surface area contributed by atoms with Gasteiger partial charge in [-0.2, -0.15) is 0 Å². The summed E-state index contributed by atoms with van der Waals surface area (Å²) in [5.41, 5.74) is 1.38. The van der Waals surface area contributed by atoms with E-state index in [0.29, 0.717) is 29.0 Å². The number of sulfonamides is 1. The van der Waals surface area contributed by atoms with Gasteiger partial charge in [0.05, 0.1) is 6.04 Å². The van der Waals surface area contributed by atoms with E-state index in [0.717, 1.165) is 47.7 Å². The normalized spacial score (nSPS) is 17.7. The smallest absolute Gasteiger partial charge is 0.421 e. The van der Waals surface area contributed by atoms with E-state index in [1.807, 2.05) is 29.3 Å². The number of carbonyl (C=O) groups excluding carboxylic acids is 1. The third kappa shape index (κ3) is 4.61. The van der Waals surface area contributed by atoms with Gasteiger partial charge in [-0.3, -0.25) is 0 Å². The molecule has 1 N–H and O–H groups in total. The van der Waals surface area contributed by atoms with Crippen LogP contribution in [0.4, 0.5) is 9.18 Å². The number of fused-ring (bicyclic) bond motifs is 1. The number of halogens is 1. The molecule has 1 atom stereocenters. The summed E-state index contributed by atoms with van der Waals surface area (Å²) in [6, 6.07) is 6.50. The Hall–Kier alpha value is -2.72. The van der Waals surface area contributed by atoms with E-state index in [1.165, 1.54) is 6.07 Å². The third-order valence-electron chi connectivity index (χ3n) is 6.01. The van der Waals surface area contributed by atoms with Gasteiger partial charge >= 0.3 is 6.09 Å². The van der Waals surface area contributed by atoms with Crippen LogP contribution in [0, 0.1) is 11.7 Å². The molecule has 1 amide bonds. The topological polar surface area (TPSA) is 90.3 Å². The van der Waals surface area contributed by atoms with Crippen molar-refractivity contribution in [3.63, 3.8) is 0 Å². The third-order valence-corrected chi connectivity index (χ3v) is 9.02. The highest BCUT2D eigenvalue weighted by Crippen LogP contribution is 2.39. The van der Waals surface area contributed by atoms with Crippen molar-refractivity contribution < 1.29 is 22.3 Å². The van der Waals surface area contributed by atoms with E-state index in [9.17, 15) is 13.2 Å². The van der Waals surface area contributed by atoms with Crippen LogP contribution < -0.4 is 4.72 Å². The molecule has 3 heterocycles. The van der Waals surface area contributed by atoms with Crippen molar-refractivity contribution in [3.8, 4) is 11.1 Å². The molecule has 0 spiro atoms. The maximum Gasteiger partial charge on any atom is 0.421 e. The van der Waals surface area contributed by atoms with E-state index in [1.54, 1.807) is 24.4 Å². The van der Waals surface area contributed by atoms with Crippen LogP contribution in [0.2, 0.25) is 0 Å². The molecule has 180 valence electrons. The number of benzene rings is 1. The average molecular weight is 504 g/mol. The lowest BCUT2D eigenvalue weighted by atomic mass is 9.99. The lowest BCUT2D eigenvalue weighted by molar-refractivity contribution is 0.145. The summed E-state index contributed by atoms with van der Waals surface area (Å²) in [5.74, 6) is 0.841. The highest BCUT2D eigenvalue weighted by Gasteiger charge is 2.31. The summed E-state index contributed by atoms with van der Waals surface area (Å²) in [6.07, 6.45) is 6.07. The Kier molecular flexibility index (Phi) is 5.97. The molecule has 0 bridgehead atoms. The lowest BCUT2D eigenvalue weighted by Crippen LogP contribution is -2.31. The van der Waals surface area contributed by atoms with Gasteiger partial charge in [-0.05, 0) is 49.3 Å². The molecule has 0 saturated heterocycles. The Labute approximate surface area is 202 Å². The molecule has 1 aliphatic heterocycles. The first-order valence-corrected chi connectivity index (χ1v) is 13.7. The lowest BCUT2D eigenvalue weighted by Gasteiger charge is -2.15. The fourth-order valence-corrected chi connectivity index (χ4v) is 7.17. The first kappa shape index (κ1) is 23.0. The van der Waals surface area contributed by atoms with Crippen LogP contribution >= 0.6 is 11.3 Å². The quantitative estimate of drug-likeness (QED) is 0.487. The van der Waals surface area contributed by atoms with E-state index < -0.39 is 21.9 Å². The summed E-state index contributed by atoms with van der Waals surface area (Å²) in [5, 5.41) is 0. The zero-order chi connectivity index (χ0) is 24.0. The van der Waals surface area contributed by atoms with Crippen LogP contribution in [0.5, 0.6) is 0 Å². The van der Waals surface area contributed by atoms with Crippen LogP contribution in [0.15, 0.2) is 40.9 Å². The summed E-state index contributed by atoms with van der Waals surface area (Å²) in [7, 11) is -4.18. The molecule has 1 saturated carbocycles. The molecule has 0 radical (unpaired) electrons. The van der Waals surface area contributed by atoms with Crippen LogP contribution in [-0.4, -0.2) is 30.2 Å². The molecule has 5 rings (SSSR count). The number of carbonyl (C=O) groups is 1. The molecular weight excluding hydrogens is 477 g/mol. The van der Waals surface area contributed by atoms with Crippen molar-refractivity contribution in [1.29, 1.82) is 0 Å². The number of ether oxygens (including phenoxy) is 1. The predicted molar refractivity (Wildman–Crippen MR) is 127 cm³/mol. The maximum atomic E-state index is 15.3. The summed E-state index contributed by atoms with van der Waals surface area (Å²) >= 11 is 1.10. The SMILES string of the molecule is CC(C)Cc1cc(-c2ccc([C@H]3CCc4nccn43)c(F)c2)c(S(=O)(=O)NC(=O)OC2CC2)s1. The van der Waals surface area contributed by atoms with E-state index >= 15 is 4.39 Å². The Bertz CT molecular complexity index is 1340. The second-order valence-electron chi connectivity index (χ2n) is 9.26. The number of thiophene rings is 1. The van der Waals surface area contributed by atoms with Crippen LogP contribution in [-0.2, 0) is 27.6 Å². The maximum absolute atomic E-state index is 15.3. The largest absolute Gasteiger partial charge is 0.446 e. The number of aromatic nitrogens is 2. The predicted octanol–water partition coefficient (Wildman–Crippen LogP) is 5.06. The van der Waals surface area contributed by atoms with Gasteiger partial charge in [0, 0.05) is 34.8 Å². The van der Waals surface area contributed by atoms with Gasteiger partial charge in [-0.15, -0.1) is 11.3 Å². The summed E-state index contributed by atoms with van der Waals surface area (Å²) in [4.78, 5) is 17.2. The van der Waals surface area contributed by atoms with Crippen molar-refractivity contribution in [2.24, 2.45) is 5.92 Å². The van der Waals surface area contributed by atoms with Crippen LogP contribution in [0.25, 0.3) is 11.1 Å². The Morgan fingerprint density at radius 1 is 1.29 bits per heavy atom. The Morgan fingerprint density at radius 2 is 2.09 bits per heavy atom. The monoisotopic (exact) mass is 503 g/mol. The van der Waals surface area contributed by atoms with Gasteiger partial charge in [0.1, 0.15) is 22.0 Å².